The number of aryl methyl sites for hydroxylation is 2. The van der Waals surface area contributed by atoms with E-state index >= 15 is 0 Å². The largest absolute Gasteiger partial charge is 0.389 e. The van der Waals surface area contributed by atoms with E-state index in [2.05, 4.69) is 10.4 Å². The Hall–Kier alpha value is -1.04. The first-order valence-electron chi connectivity index (χ1n) is 7.03. The van der Waals surface area contributed by atoms with E-state index in [1.807, 2.05) is 32.5 Å². The van der Waals surface area contributed by atoms with E-state index in [9.17, 15) is 13.2 Å². The van der Waals surface area contributed by atoms with E-state index < -0.39 is 12.6 Å². The van der Waals surface area contributed by atoms with Crippen molar-refractivity contribution in [3.63, 3.8) is 0 Å². The highest BCUT2D eigenvalue weighted by Gasteiger charge is 2.27. The zero-order chi connectivity index (χ0) is 15.3. The van der Waals surface area contributed by atoms with E-state index in [0.717, 1.165) is 29.9 Å². The Morgan fingerprint density at radius 3 is 2.40 bits per heavy atom. The molecule has 6 heteroatoms. The van der Waals surface area contributed by atoms with Crippen LogP contribution in [0.2, 0.25) is 0 Å². The topological polar surface area (TPSA) is 29.9 Å². The number of nitrogens with one attached hydrogen (secondary N) is 1. The fourth-order valence-electron chi connectivity index (χ4n) is 2.47. The molecule has 1 atom stereocenters. The van der Waals surface area contributed by atoms with E-state index in [1.54, 1.807) is 0 Å². The molecule has 116 valence electrons. The Labute approximate surface area is 118 Å². The summed E-state index contributed by atoms with van der Waals surface area (Å²) in [6, 6.07) is 0.0731. The van der Waals surface area contributed by atoms with Crippen LogP contribution in [0.4, 0.5) is 13.2 Å². The molecule has 0 saturated carbocycles. The van der Waals surface area contributed by atoms with Crippen LogP contribution in [-0.4, -0.2) is 28.5 Å². The molecule has 0 fully saturated rings. The fraction of sp³-hybridized carbons (Fsp3) is 0.786. The third-order valence-corrected chi connectivity index (χ3v) is 3.62. The molecule has 1 unspecified atom stereocenters. The minimum atomic E-state index is -4.06. The maximum atomic E-state index is 12.2. The predicted octanol–water partition coefficient (Wildman–Crippen LogP) is 3.29. The monoisotopic (exact) mass is 291 g/mol. The Balaban J connectivity index is 2.62. The van der Waals surface area contributed by atoms with Gasteiger partial charge in [0.25, 0.3) is 0 Å². The van der Waals surface area contributed by atoms with Gasteiger partial charge in [0.2, 0.25) is 0 Å². The van der Waals surface area contributed by atoms with Crippen LogP contribution in [0, 0.1) is 13.8 Å². The molecular weight excluding hydrogens is 267 g/mol. The van der Waals surface area contributed by atoms with Crippen LogP contribution in [-0.2, 0) is 13.5 Å². The van der Waals surface area contributed by atoms with Gasteiger partial charge in [-0.15, -0.1) is 0 Å². The molecule has 1 N–H and O–H groups in total. The van der Waals surface area contributed by atoms with Gasteiger partial charge in [0.15, 0.2) is 0 Å². The molecule has 0 bridgehead atoms. The first kappa shape index (κ1) is 17.0. The lowest BCUT2D eigenvalue weighted by Gasteiger charge is -2.18. The molecule has 20 heavy (non-hydrogen) atoms. The second kappa shape index (κ2) is 7.11. The molecule has 0 aliphatic rings. The number of hydrogen-bond donors (Lipinski definition) is 1. The van der Waals surface area contributed by atoms with Crippen molar-refractivity contribution in [1.29, 1.82) is 0 Å². The van der Waals surface area contributed by atoms with E-state index in [1.165, 1.54) is 0 Å². The number of nitrogens with zero attached hydrogens (tertiary/aromatic N) is 2. The number of aromatic nitrogens is 2. The minimum absolute atomic E-state index is 0.0731. The molecule has 0 aliphatic carbocycles. The van der Waals surface area contributed by atoms with Gasteiger partial charge in [-0.3, -0.25) is 4.68 Å². The van der Waals surface area contributed by atoms with Crippen molar-refractivity contribution < 1.29 is 13.2 Å². The Morgan fingerprint density at radius 1 is 1.30 bits per heavy atom. The van der Waals surface area contributed by atoms with Gasteiger partial charge in [0.05, 0.1) is 5.69 Å². The second-order valence-electron chi connectivity index (χ2n) is 5.24. The summed E-state index contributed by atoms with van der Waals surface area (Å²) in [6.45, 7) is 6.67. The summed E-state index contributed by atoms with van der Waals surface area (Å²) in [7, 11) is 1.89. The van der Waals surface area contributed by atoms with Crippen molar-refractivity contribution in [3.05, 3.63) is 17.0 Å². The lowest BCUT2D eigenvalue weighted by molar-refractivity contribution is -0.135. The van der Waals surface area contributed by atoms with Crippen LogP contribution in [0.3, 0.4) is 0 Å². The van der Waals surface area contributed by atoms with Gasteiger partial charge in [-0.25, -0.2) is 0 Å². The van der Waals surface area contributed by atoms with E-state index in [4.69, 9.17) is 0 Å². The predicted molar refractivity (Wildman–Crippen MR) is 73.8 cm³/mol. The highest BCUT2D eigenvalue weighted by atomic mass is 19.4. The summed E-state index contributed by atoms with van der Waals surface area (Å²) >= 11 is 0. The van der Waals surface area contributed by atoms with Gasteiger partial charge in [-0.05, 0) is 45.2 Å². The van der Waals surface area contributed by atoms with Crippen molar-refractivity contribution in [2.24, 2.45) is 7.05 Å². The number of halogens is 3. The third-order valence-electron chi connectivity index (χ3n) is 3.62. The van der Waals surface area contributed by atoms with Crippen LogP contribution in [0.1, 0.15) is 43.1 Å². The zero-order valence-electron chi connectivity index (χ0n) is 12.6. The molecule has 1 aromatic rings. The quantitative estimate of drug-likeness (QED) is 0.835. The molecule has 0 spiro atoms. The number of rotatable bonds is 7. The SMILES string of the molecule is CCNC(CCCC(F)(F)F)Cc1c(C)nn(C)c1C. The molecular formula is C14H24F3N3. The van der Waals surface area contributed by atoms with Gasteiger partial charge in [0, 0.05) is 25.2 Å². The van der Waals surface area contributed by atoms with Gasteiger partial charge in [-0.2, -0.15) is 18.3 Å². The standard InChI is InChI=1S/C14H24F3N3/c1-5-18-12(7-6-8-14(15,16)17)9-13-10(2)19-20(4)11(13)3/h12,18H,5-9H2,1-4H3. The van der Waals surface area contributed by atoms with E-state index in [0.29, 0.717) is 6.42 Å². The highest BCUT2D eigenvalue weighted by Crippen LogP contribution is 2.24. The molecule has 3 nitrogen and oxygen atoms in total. The summed E-state index contributed by atoms with van der Waals surface area (Å²) in [5, 5.41) is 7.63. The van der Waals surface area contributed by atoms with Crippen LogP contribution < -0.4 is 5.32 Å². The first-order chi connectivity index (χ1) is 9.24. The van der Waals surface area contributed by atoms with Crippen molar-refractivity contribution in [1.82, 2.24) is 15.1 Å². The van der Waals surface area contributed by atoms with Crippen molar-refractivity contribution >= 4 is 0 Å². The summed E-state index contributed by atoms with van der Waals surface area (Å²) in [6.07, 6.45) is -3.34. The average Bonchev–Trinajstić information content (AvgIpc) is 2.54. The Kier molecular flexibility index (Phi) is 6.05. The van der Waals surface area contributed by atoms with Gasteiger partial charge in [-0.1, -0.05) is 6.92 Å². The molecule has 0 aliphatic heterocycles. The number of alkyl halides is 3. The minimum Gasteiger partial charge on any atom is -0.314 e. The molecule has 0 saturated heterocycles. The van der Waals surface area contributed by atoms with E-state index in [-0.39, 0.29) is 12.5 Å². The Bertz CT molecular complexity index is 424. The average molecular weight is 291 g/mol. The summed E-state index contributed by atoms with van der Waals surface area (Å²) in [4.78, 5) is 0. The zero-order valence-corrected chi connectivity index (χ0v) is 12.6. The van der Waals surface area contributed by atoms with Crippen molar-refractivity contribution in [3.8, 4) is 0 Å². The van der Waals surface area contributed by atoms with Crippen LogP contribution in [0.25, 0.3) is 0 Å². The summed E-state index contributed by atoms with van der Waals surface area (Å²) in [5.41, 5.74) is 3.19. The fourth-order valence-corrected chi connectivity index (χ4v) is 2.47. The lowest BCUT2D eigenvalue weighted by atomic mass is 9.99. The van der Waals surface area contributed by atoms with Crippen molar-refractivity contribution in [2.75, 3.05) is 6.54 Å². The van der Waals surface area contributed by atoms with Crippen molar-refractivity contribution in [2.45, 2.75) is 58.7 Å². The maximum Gasteiger partial charge on any atom is 0.389 e. The smallest absolute Gasteiger partial charge is 0.314 e. The molecule has 1 rings (SSSR count). The number of hydrogen-bond acceptors (Lipinski definition) is 2. The summed E-state index contributed by atoms with van der Waals surface area (Å²) in [5.74, 6) is 0. The van der Waals surface area contributed by atoms with Gasteiger partial charge >= 0.3 is 6.18 Å². The highest BCUT2D eigenvalue weighted by molar-refractivity contribution is 5.25. The molecule has 0 aromatic carbocycles. The van der Waals surface area contributed by atoms with Gasteiger partial charge < -0.3 is 5.32 Å². The molecule has 1 aromatic heterocycles. The second-order valence-corrected chi connectivity index (χ2v) is 5.24. The van der Waals surface area contributed by atoms with Crippen LogP contribution >= 0.6 is 0 Å². The third kappa shape index (κ3) is 5.15. The van der Waals surface area contributed by atoms with Crippen LogP contribution in [0.5, 0.6) is 0 Å². The summed E-state index contributed by atoms with van der Waals surface area (Å²) < 4.78 is 38.5. The maximum absolute atomic E-state index is 12.2. The van der Waals surface area contributed by atoms with Gasteiger partial charge in [0.1, 0.15) is 0 Å². The normalized spacial score (nSPS) is 13.8. The molecule has 0 amide bonds. The molecule has 0 radical (unpaired) electrons. The lowest BCUT2D eigenvalue weighted by Crippen LogP contribution is -2.31. The molecule has 1 heterocycles. The first-order valence-corrected chi connectivity index (χ1v) is 7.03. The Morgan fingerprint density at radius 2 is 1.95 bits per heavy atom. The number of likely N-dealkylation sites (N-methyl/N-ethyl adjacent to an activating group) is 1. The van der Waals surface area contributed by atoms with Crippen LogP contribution in [0.15, 0.2) is 0 Å².